The number of aromatic nitrogens is 2. The molecule has 35 heavy (non-hydrogen) atoms. The zero-order valence-corrected chi connectivity index (χ0v) is 20.8. The molecule has 2 aromatic rings. The van der Waals surface area contributed by atoms with Gasteiger partial charge in [-0.1, -0.05) is 25.3 Å². The van der Waals surface area contributed by atoms with Gasteiger partial charge < -0.3 is 15.3 Å². The third-order valence-corrected chi connectivity index (χ3v) is 9.53. The van der Waals surface area contributed by atoms with Crippen molar-refractivity contribution in [3.63, 3.8) is 0 Å². The highest BCUT2D eigenvalue weighted by atomic mass is 16.3. The molecule has 6 rings (SSSR count). The van der Waals surface area contributed by atoms with Crippen LogP contribution in [0.5, 0.6) is 0 Å². The first-order chi connectivity index (χ1) is 16.8. The summed E-state index contributed by atoms with van der Waals surface area (Å²) in [5.41, 5.74) is 1.54. The lowest BCUT2D eigenvalue weighted by Crippen LogP contribution is -2.45. The fourth-order valence-electron chi connectivity index (χ4n) is 7.73. The Balaban J connectivity index is 1.13. The predicted octanol–water partition coefficient (Wildman–Crippen LogP) is 3.59. The molecule has 2 N–H and O–H groups in total. The topological polar surface area (TPSA) is 86.9 Å². The fraction of sp³-hybridized carbons (Fsp3) is 0.679. The molecule has 7 heteroatoms. The van der Waals surface area contributed by atoms with Crippen molar-refractivity contribution in [2.45, 2.75) is 76.7 Å². The van der Waals surface area contributed by atoms with Crippen LogP contribution < -0.4 is 5.32 Å². The van der Waals surface area contributed by atoms with E-state index < -0.39 is 5.60 Å². The van der Waals surface area contributed by atoms with E-state index in [2.05, 4.69) is 10.3 Å². The minimum absolute atomic E-state index is 0.0210. The Morgan fingerprint density at radius 2 is 1.94 bits per heavy atom. The summed E-state index contributed by atoms with van der Waals surface area (Å²) in [5, 5.41) is 13.4. The lowest BCUT2D eigenvalue weighted by Gasteiger charge is -2.38. The minimum atomic E-state index is -0.683. The van der Waals surface area contributed by atoms with Crippen LogP contribution in [0.2, 0.25) is 0 Å². The molecular formula is C28H38N4O3. The maximum Gasteiger partial charge on any atom is 0.268 e. The molecule has 188 valence electrons. The standard InChI is InChI=1S/C28H38N4O3/c1-27(35)8-10-31(11-9-27)25(33)13-22-17-32-23(6-3-7-24(32)30-22)26(34)29-18-28-14-19-4-2-5-20(15-28)21(12-19)16-28/h3,6-7,17,19-21,35H,2,4-5,8-16,18H2,1H3,(H,29,34). The number of pyridine rings is 1. The van der Waals surface area contributed by atoms with E-state index in [1.165, 1.54) is 44.9 Å². The van der Waals surface area contributed by atoms with Crippen LogP contribution >= 0.6 is 0 Å². The SMILES string of the molecule is CC1(O)CCN(C(=O)Cc2cn3c(C(=O)NCC45CC6CCCC(C4)C(C6)C5)cccc3n2)CC1. The van der Waals surface area contributed by atoms with Crippen LogP contribution in [-0.4, -0.2) is 56.4 Å². The second-order valence-corrected chi connectivity index (χ2v) is 12.3. The van der Waals surface area contributed by atoms with E-state index in [1.807, 2.05) is 40.6 Å². The third kappa shape index (κ3) is 4.48. The van der Waals surface area contributed by atoms with E-state index in [4.69, 9.17) is 0 Å². The van der Waals surface area contributed by atoms with E-state index in [-0.39, 0.29) is 23.7 Å². The molecule has 3 heterocycles. The molecule has 3 saturated carbocycles. The molecular weight excluding hydrogens is 440 g/mol. The Morgan fingerprint density at radius 3 is 2.77 bits per heavy atom. The molecule has 1 saturated heterocycles. The largest absolute Gasteiger partial charge is 0.390 e. The number of nitrogens with zero attached hydrogens (tertiary/aromatic N) is 3. The summed E-state index contributed by atoms with van der Waals surface area (Å²) in [6, 6.07) is 5.59. The van der Waals surface area contributed by atoms with Crippen LogP contribution in [0.4, 0.5) is 0 Å². The van der Waals surface area contributed by atoms with E-state index in [0.29, 0.717) is 43.0 Å². The molecule has 0 aromatic carbocycles. The van der Waals surface area contributed by atoms with Crippen molar-refractivity contribution in [2.75, 3.05) is 19.6 Å². The van der Waals surface area contributed by atoms with Gasteiger partial charge in [0.25, 0.3) is 5.91 Å². The average Bonchev–Trinajstić information content (AvgIpc) is 3.29. The van der Waals surface area contributed by atoms with E-state index >= 15 is 0 Å². The molecule has 0 spiro atoms. The highest BCUT2D eigenvalue weighted by Crippen LogP contribution is 2.59. The monoisotopic (exact) mass is 478 g/mol. The second-order valence-electron chi connectivity index (χ2n) is 12.3. The number of nitrogens with one attached hydrogen (secondary N) is 1. The first kappa shape index (κ1) is 23.0. The number of aliphatic hydroxyl groups is 1. The summed E-state index contributed by atoms with van der Waals surface area (Å²) in [4.78, 5) is 32.6. The molecule has 2 aromatic heterocycles. The Bertz CT molecular complexity index is 1130. The molecule has 1 aliphatic heterocycles. The summed E-state index contributed by atoms with van der Waals surface area (Å²) in [7, 11) is 0. The number of hydrogen-bond acceptors (Lipinski definition) is 4. The minimum Gasteiger partial charge on any atom is -0.390 e. The van der Waals surface area contributed by atoms with Crippen LogP contribution in [-0.2, 0) is 11.2 Å². The lowest BCUT2D eigenvalue weighted by molar-refractivity contribution is -0.134. The van der Waals surface area contributed by atoms with Crippen molar-refractivity contribution < 1.29 is 14.7 Å². The Hall–Kier alpha value is -2.41. The lowest BCUT2D eigenvalue weighted by atomic mass is 9.69. The summed E-state index contributed by atoms with van der Waals surface area (Å²) < 4.78 is 1.82. The van der Waals surface area contributed by atoms with Crippen LogP contribution in [0.1, 0.15) is 80.9 Å². The Morgan fingerprint density at radius 1 is 1.14 bits per heavy atom. The normalized spacial score (nSPS) is 31.5. The van der Waals surface area contributed by atoms with Crippen molar-refractivity contribution in [3.8, 4) is 0 Å². The first-order valence-corrected chi connectivity index (χ1v) is 13.5. The number of carbonyl (C=O) groups is 2. The molecule has 4 fully saturated rings. The zero-order valence-electron chi connectivity index (χ0n) is 20.8. The molecule has 0 radical (unpaired) electrons. The molecule has 4 unspecified atom stereocenters. The third-order valence-electron chi connectivity index (χ3n) is 9.53. The van der Waals surface area contributed by atoms with E-state index in [9.17, 15) is 14.7 Å². The van der Waals surface area contributed by atoms with Gasteiger partial charge in [-0.05, 0) is 80.8 Å². The number of rotatable bonds is 5. The average molecular weight is 479 g/mol. The smallest absolute Gasteiger partial charge is 0.268 e. The highest BCUT2D eigenvalue weighted by Gasteiger charge is 2.51. The summed E-state index contributed by atoms with van der Waals surface area (Å²) >= 11 is 0. The number of piperidine rings is 1. The maximum atomic E-state index is 13.3. The van der Waals surface area contributed by atoms with Crippen LogP contribution in [0.3, 0.4) is 0 Å². The van der Waals surface area contributed by atoms with Crippen molar-refractivity contribution in [3.05, 3.63) is 35.8 Å². The Labute approximate surface area is 207 Å². The predicted molar refractivity (Wildman–Crippen MR) is 133 cm³/mol. The summed E-state index contributed by atoms with van der Waals surface area (Å²) in [6.07, 6.45) is 12.6. The van der Waals surface area contributed by atoms with Gasteiger partial charge in [0, 0.05) is 25.8 Å². The van der Waals surface area contributed by atoms with Gasteiger partial charge in [-0.15, -0.1) is 0 Å². The fourth-order valence-corrected chi connectivity index (χ4v) is 7.73. The summed E-state index contributed by atoms with van der Waals surface area (Å²) in [5.74, 6) is 2.55. The maximum absolute atomic E-state index is 13.3. The van der Waals surface area contributed by atoms with E-state index in [0.717, 1.165) is 24.3 Å². The van der Waals surface area contributed by atoms with Gasteiger partial charge in [0.2, 0.25) is 5.91 Å². The second kappa shape index (κ2) is 8.61. The van der Waals surface area contributed by atoms with Gasteiger partial charge in [-0.2, -0.15) is 0 Å². The molecule has 3 bridgehead atoms. The van der Waals surface area contributed by atoms with Crippen molar-refractivity contribution >= 4 is 17.5 Å². The quantitative estimate of drug-likeness (QED) is 0.688. The van der Waals surface area contributed by atoms with Crippen LogP contribution in [0.25, 0.3) is 5.65 Å². The molecule has 2 amide bonds. The van der Waals surface area contributed by atoms with Crippen LogP contribution in [0, 0.1) is 23.2 Å². The van der Waals surface area contributed by atoms with Gasteiger partial charge in [-0.3, -0.25) is 14.0 Å². The van der Waals surface area contributed by atoms with Gasteiger partial charge >= 0.3 is 0 Å². The first-order valence-electron chi connectivity index (χ1n) is 13.5. The van der Waals surface area contributed by atoms with Crippen molar-refractivity contribution in [1.82, 2.24) is 19.6 Å². The summed E-state index contributed by atoms with van der Waals surface area (Å²) in [6.45, 7) is 3.73. The molecule has 4 aliphatic rings. The highest BCUT2D eigenvalue weighted by molar-refractivity contribution is 5.93. The number of fused-ring (bicyclic) bond motifs is 3. The van der Waals surface area contributed by atoms with Gasteiger partial charge in [-0.25, -0.2) is 4.98 Å². The van der Waals surface area contributed by atoms with Gasteiger partial charge in [0.15, 0.2) is 0 Å². The molecule has 7 nitrogen and oxygen atoms in total. The van der Waals surface area contributed by atoms with Crippen LogP contribution in [0.15, 0.2) is 24.4 Å². The molecule has 3 aliphatic carbocycles. The van der Waals surface area contributed by atoms with E-state index in [1.54, 1.807) is 0 Å². The number of imidazole rings is 1. The number of carbonyl (C=O) groups excluding carboxylic acids is 2. The van der Waals surface area contributed by atoms with Gasteiger partial charge in [0.05, 0.1) is 17.7 Å². The van der Waals surface area contributed by atoms with Crippen molar-refractivity contribution in [1.29, 1.82) is 0 Å². The zero-order chi connectivity index (χ0) is 24.2. The Kier molecular flexibility index (Phi) is 5.66. The number of hydrogen-bond donors (Lipinski definition) is 2. The number of likely N-dealkylation sites (tertiary alicyclic amines) is 1. The number of amides is 2. The van der Waals surface area contributed by atoms with Crippen molar-refractivity contribution in [2.24, 2.45) is 23.2 Å². The molecule has 4 atom stereocenters. The van der Waals surface area contributed by atoms with Gasteiger partial charge in [0.1, 0.15) is 11.3 Å².